The van der Waals surface area contributed by atoms with Crippen LogP contribution in [0.1, 0.15) is 32.6 Å². The lowest BCUT2D eigenvalue weighted by molar-refractivity contribution is -0.118. The molecule has 19 heavy (non-hydrogen) atoms. The average Bonchev–Trinajstić information content (AvgIpc) is 2.31. The molecule has 0 bridgehead atoms. The van der Waals surface area contributed by atoms with Gasteiger partial charge in [-0.25, -0.2) is 0 Å². The molecular formula is C11H21N7O. The van der Waals surface area contributed by atoms with E-state index in [-0.39, 0.29) is 17.8 Å². The van der Waals surface area contributed by atoms with Gasteiger partial charge in [-0.2, -0.15) is 15.0 Å². The topological polar surface area (TPSA) is 132 Å². The zero-order valence-electron chi connectivity index (χ0n) is 11.1. The van der Waals surface area contributed by atoms with Crippen LogP contribution in [0, 0.1) is 0 Å². The van der Waals surface area contributed by atoms with Crippen LogP contribution < -0.4 is 22.1 Å². The van der Waals surface area contributed by atoms with E-state index in [2.05, 4.69) is 25.6 Å². The highest BCUT2D eigenvalue weighted by atomic mass is 16.1. The van der Waals surface area contributed by atoms with E-state index in [1.54, 1.807) is 0 Å². The summed E-state index contributed by atoms with van der Waals surface area (Å²) in [6.45, 7) is 3.02. The van der Waals surface area contributed by atoms with Gasteiger partial charge in [0.25, 0.3) is 0 Å². The molecule has 8 nitrogen and oxygen atoms in total. The van der Waals surface area contributed by atoms with Crippen LogP contribution in [0.2, 0.25) is 0 Å². The zero-order chi connectivity index (χ0) is 14.1. The Kier molecular flexibility index (Phi) is 6.34. The van der Waals surface area contributed by atoms with Crippen LogP contribution in [0.5, 0.6) is 0 Å². The third kappa shape index (κ3) is 7.02. The zero-order valence-corrected chi connectivity index (χ0v) is 11.1. The van der Waals surface area contributed by atoms with Gasteiger partial charge in [-0.3, -0.25) is 4.79 Å². The van der Waals surface area contributed by atoms with E-state index in [1.165, 1.54) is 6.92 Å². The number of nitrogen functional groups attached to an aromatic ring is 2. The fourth-order valence-corrected chi connectivity index (χ4v) is 1.56. The van der Waals surface area contributed by atoms with Crippen LogP contribution in [0.3, 0.4) is 0 Å². The second-order valence-corrected chi connectivity index (χ2v) is 4.20. The number of unbranched alkanes of at least 4 members (excludes halogenated alkanes) is 3. The smallest absolute Gasteiger partial charge is 0.229 e. The van der Waals surface area contributed by atoms with E-state index in [9.17, 15) is 4.79 Å². The van der Waals surface area contributed by atoms with Gasteiger partial charge in [-0.05, 0) is 12.8 Å². The van der Waals surface area contributed by atoms with Crippen LogP contribution in [0.15, 0.2) is 0 Å². The minimum absolute atomic E-state index is 0.0201. The number of nitrogens with two attached hydrogens (primary N) is 2. The number of carbonyl (C=O) groups is 1. The van der Waals surface area contributed by atoms with Crippen molar-refractivity contribution in [1.29, 1.82) is 0 Å². The summed E-state index contributed by atoms with van der Waals surface area (Å²) < 4.78 is 0. The number of aromatic nitrogens is 3. The Balaban J connectivity index is 2.06. The lowest BCUT2D eigenvalue weighted by Gasteiger charge is -2.05. The van der Waals surface area contributed by atoms with Crippen molar-refractivity contribution >= 4 is 23.8 Å². The Labute approximate surface area is 112 Å². The first kappa shape index (κ1) is 14.9. The van der Waals surface area contributed by atoms with Crippen molar-refractivity contribution < 1.29 is 4.79 Å². The van der Waals surface area contributed by atoms with Crippen molar-refractivity contribution in [2.24, 2.45) is 0 Å². The van der Waals surface area contributed by atoms with Gasteiger partial charge in [0.2, 0.25) is 23.8 Å². The van der Waals surface area contributed by atoms with Crippen LogP contribution >= 0.6 is 0 Å². The molecule has 8 heteroatoms. The Morgan fingerprint density at radius 3 is 2.16 bits per heavy atom. The second kappa shape index (κ2) is 8.06. The standard InChI is InChI=1S/C11H21N7O/c1-8(19)14-6-4-2-3-5-7-15-11-17-9(12)16-10(13)18-11/h2-7H2,1H3,(H,14,19)(H5,12,13,15,16,17,18). The maximum atomic E-state index is 10.6. The molecule has 0 saturated carbocycles. The summed E-state index contributed by atoms with van der Waals surface area (Å²) in [6, 6.07) is 0. The predicted molar refractivity (Wildman–Crippen MR) is 74.3 cm³/mol. The fraction of sp³-hybridized carbons (Fsp3) is 0.636. The van der Waals surface area contributed by atoms with E-state index in [1.807, 2.05) is 0 Å². The molecule has 1 heterocycles. The van der Waals surface area contributed by atoms with Gasteiger partial charge in [0.1, 0.15) is 0 Å². The number of hydrogen-bond acceptors (Lipinski definition) is 7. The maximum Gasteiger partial charge on any atom is 0.229 e. The summed E-state index contributed by atoms with van der Waals surface area (Å²) in [7, 11) is 0. The van der Waals surface area contributed by atoms with Crippen LogP contribution in [0.4, 0.5) is 17.8 Å². The van der Waals surface area contributed by atoms with Crippen LogP contribution in [-0.4, -0.2) is 33.9 Å². The lowest BCUT2D eigenvalue weighted by atomic mass is 10.2. The van der Waals surface area contributed by atoms with Crippen molar-refractivity contribution in [3.63, 3.8) is 0 Å². The van der Waals surface area contributed by atoms with Crippen molar-refractivity contribution in [2.45, 2.75) is 32.6 Å². The van der Waals surface area contributed by atoms with Gasteiger partial charge < -0.3 is 22.1 Å². The van der Waals surface area contributed by atoms with Gasteiger partial charge in [-0.1, -0.05) is 12.8 Å². The molecule has 1 amide bonds. The molecule has 0 aliphatic heterocycles. The molecule has 1 aromatic rings. The number of nitrogens with one attached hydrogen (secondary N) is 2. The minimum atomic E-state index is 0.0201. The highest BCUT2D eigenvalue weighted by Crippen LogP contribution is 2.04. The first-order valence-corrected chi connectivity index (χ1v) is 6.33. The normalized spacial score (nSPS) is 10.2. The summed E-state index contributed by atoms with van der Waals surface area (Å²) in [5.74, 6) is 0.658. The predicted octanol–water partition coefficient (Wildman–Crippen LogP) is 0.144. The molecule has 106 valence electrons. The Morgan fingerprint density at radius 1 is 1.00 bits per heavy atom. The SMILES string of the molecule is CC(=O)NCCCCCCNc1nc(N)nc(N)n1. The summed E-state index contributed by atoms with van der Waals surface area (Å²) >= 11 is 0. The molecule has 0 spiro atoms. The number of nitrogens with zero attached hydrogens (tertiary/aromatic N) is 3. The van der Waals surface area contributed by atoms with E-state index in [4.69, 9.17) is 11.5 Å². The molecule has 0 aliphatic carbocycles. The summed E-state index contributed by atoms with van der Waals surface area (Å²) in [5, 5.41) is 5.81. The van der Waals surface area contributed by atoms with Gasteiger partial charge in [0.05, 0.1) is 0 Å². The molecule has 6 N–H and O–H groups in total. The minimum Gasteiger partial charge on any atom is -0.368 e. The van der Waals surface area contributed by atoms with Crippen LogP contribution in [-0.2, 0) is 4.79 Å². The van der Waals surface area contributed by atoms with Crippen molar-refractivity contribution in [2.75, 3.05) is 29.9 Å². The fourth-order valence-electron chi connectivity index (χ4n) is 1.56. The van der Waals surface area contributed by atoms with Gasteiger partial charge in [-0.15, -0.1) is 0 Å². The molecule has 0 aliphatic rings. The van der Waals surface area contributed by atoms with Gasteiger partial charge in [0, 0.05) is 20.0 Å². The van der Waals surface area contributed by atoms with E-state index in [0.717, 1.165) is 38.8 Å². The molecule has 0 saturated heterocycles. The number of hydrogen-bond donors (Lipinski definition) is 4. The average molecular weight is 267 g/mol. The molecular weight excluding hydrogens is 246 g/mol. The number of amides is 1. The number of carbonyl (C=O) groups excluding carboxylic acids is 1. The summed E-state index contributed by atoms with van der Waals surface area (Å²) in [4.78, 5) is 22.2. The first-order chi connectivity index (χ1) is 9.08. The number of rotatable bonds is 8. The summed E-state index contributed by atoms with van der Waals surface area (Å²) in [5.41, 5.74) is 10.9. The molecule has 0 aromatic carbocycles. The molecule has 0 atom stereocenters. The molecule has 0 radical (unpaired) electrons. The van der Waals surface area contributed by atoms with Gasteiger partial charge >= 0.3 is 0 Å². The molecule has 1 rings (SSSR count). The highest BCUT2D eigenvalue weighted by Gasteiger charge is 2.00. The second-order valence-electron chi connectivity index (χ2n) is 4.20. The quantitative estimate of drug-likeness (QED) is 0.493. The summed E-state index contributed by atoms with van der Waals surface area (Å²) in [6.07, 6.45) is 4.13. The monoisotopic (exact) mass is 267 g/mol. The molecule has 1 aromatic heterocycles. The Hall–Kier alpha value is -2.12. The Bertz CT molecular complexity index is 390. The van der Waals surface area contributed by atoms with E-state index in [0.29, 0.717) is 5.95 Å². The maximum absolute atomic E-state index is 10.6. The third-order valence-electron chi connectivity index (χ3n) is 2.43. The number of anilines is 3. The van der Waals surface area contributed by atoms with E-state index >= 15 is 0 Å². The molecule has 0 unspecified atom stereocenters. The lowest BCUT2D eigenvalue weighted by Crippen LogP contribution is -2.20. The Morgan fingerprint density at radius 2 is 1.58 bits per heavy atom. The van der Waals surface area contributed by atoms with Crippen molar-refractivity contribution in [1.82, 2.24) is 20.3 Å². The molecule has 0 fully saturated rings. The largest absolute Gasteiger partial charge is 0.368 e. The first-order valence-electron chi connectivity index (χ1n) is 6.33. The third-order valence-corrected chi connectivity index (χ3v) is 2.43. The van der Waals surface area contributed by atoms with Crippen molar-refractivity contribution in [3.8, 4) is 0 Å². The van der Waals surface area contributed by atoms with Crippen LogP contribution in [0.25, 0.3) is 0 Å². The highest BCUT2D eigenvalue weighted by molar-refractivity contribution is 5.72. The van der Waals surface area contributed by atoms with Gasteiger partial charge in [0.15, 0.2) is 0 Å². The van der Waals surface area contributed by atoms with E-state index < -0.39 is 0 Å². The van der Waals surface area contributed by atoms with Crippen molar-refractivity contribution in [3.05, 3.63) is 0 Å².